The summed E-state index contributed by atoms with van der Waals surface area (Å²) in [5.74, 6) is 1.95. The molecule has 1 aromatic carbocycles. The number of hydrogen-bond donors (Lipinski definition) is 0. The van der Waals surface area contributed by atoms with Crippen LogP contribution in [0.3, 0.4) is 0 Å². The molecular weight excluding hydrogens is 320 g/mol. The molecule has 1 aliphatic rings. The van der Waals surface area contributed by atoms with Crippen molar-refractivity contribution in [3.05, 3.63) is 42.1 Å². The van der Waals surface area contributed by atoms with Crippen molar-refractivity contribution < 1.29 is 4.74 Å². The molecule has 2 heterocycles. The highest BCUT2D eigenvalue weighted by Crippen LogP contribution is 2.28. The van der Waals surface area contributed by atoms with Gasteiger partial charge in [-0.15, -0.1) is 16.9 Å². The minimum atomic E-state index is 0.958. The van der Waals surface area contributed by atoms with E-state index in [0.717, 1.165) is 50.7 Å². The average Bonchev–Trinajstić information content (AvgIpc) is 2.88. The van der Waals surface area contributed by atoms with Crippen LogP contribution in [-0.4, -0.2) is 54.6 Å². The second-order valence-corrected chi connectivity index (χ2v) is 6.74. The second-order valence-electron chi connectivity index (χ2n) is 5.89. The van der Waals surface area contributed by atoms with Gasteiger partial charge in [-0.05, 0) is 42.5 Å². The summed E-state index contributed by atoms with van der Waals surface area (Å²) >= 11 is 1.72. The molecule has 1 saturated heterocycles. The zero-order valence-electron chi connectivity index (χ0n) is 14.3. The lowest BCUT2D eigenvalue weighted by molar-refractivity contribution is 0.284. The summed E-state index contributed by atoms with van der Waals surface area (Å²) in [7, 11) is 1.74. The van der Waals surface area contributed by atoms with Gasteiger partial charge in [-0.3, -0.25) is 4.90 Å². The zero-order chi connectivity index (χ0) is 16.8. The van der Waals surface area contributed by atoms with Crippen LogP contribution in [0.4, 0.5) is 5.82 Å². The molecule has 1 aliphatic heterocycles. The smallest absolute Gasteiger partial charge is 0.151 e. The lowest BCUT2D eigenvalue weighted by Gasteiger charge is -2.22. The Labute approximate surface area is 148 Å². The molecule has 128 valence electrons. The number of aromatic nitrogens is 2. The van der Waals surface area contributed by atoms with Crippen molar-refractivity contribution in [3.63, 3.8) is 0 Å². The summed E-state index contributed by atoms with van der Waals surface area (Å²) < 4.78 is 5.50. The Bertz CT molecular complexity index is 653. The number of benzene rings is 1. The first kappa shape index (κ1) is 17.0. The van der Waals surface area contributed by atoms with E-state index in [1.54, 1.807) is 25.1 Å². The van der Waals surface area contributed by atoms with Gasteiger partial charge in [0.05, 0.1) is 7.11 Å². The van der Waals surface area contributed by atoms with Crippen LogP contribution in [0.5, 0.6) is 5.75 Å². The van der Waals surface area contributed by atoms with Crippen LogP contribution in [0, 0.1) is 0 Å². The number of ether oxygens (including phenoxy) is 1. The van der Waals surface area contributed by atoms with Gasteiger partial charge < -0.3 is 9.64 Å². The van der Waals surface area contributed by atoms with Crippen molar-refractivity contribution in [2.75, 3.05) is 44.4 Å². The number of nitrogens with zero attached hydrogens (tertiary/aromatic N) is 4. The minimum Gasteiger partial charge on any atom is -0.496 e. The average molecular weight is 344 g/mol. The van der Waals surface area contributed by atoms with E-state index in [1.165, 1.54) is 10.5 Å². The highest BCUT2D eigenvalue weighted by molar-refractivity contribution is 7.98. The number of anilines is 1. The third-order valence-electron chi connectivity index (χ3n) is 4.32. The molecule has 0 spiro atoms. The Morgan fingerprint density at radius 2 is 2.08 bits per heavy atom. The van der Waals surface area contributed by atoms with E-state index in [1.807, 2.05) is 12.1 Å². The molecule has 0 aliphatic carbocycles. The lowest BCUT2D eigenvalue weighted by atomic mass is 10.2. The summed E-state index contributed by atoms with van der Waals surface area (Å²) in [6.07, 6.45) is 4.93. The van der Waals surface area contributed by atoms with Gasteiger partial charge in [-0.1, -0.05) is 6.07 Å². The van der Waals surface area contributed by atoms with Crippen molar-refractivity contribution >= 4 is 17.6 Å². The fourth-order valence-electron chi connectivity index (χ4n) is 3.06. The zero-order valence-corrected chi connectivity index (χ0v) is 15.1. The standard InChI is InChI=1S/C18H24N4OS/c1-23-16-13-15(6-7-17(16)24-2)14-21-9-4-10-22(12-11-21)18-5-3-8-19-20-18/h3,5-8,13H,4,9-12,14H2,1-2H3. The van der Waals surface area contributed by atoms with Gasteiger partial charge in [-0.2, -0.15) is 5.10 Å². The number of thioether (sulfide) groups is 1. The van der Waals surface area contributed by atoms with Crippen LogP contribution in [0.15, 0.2) is 41.4 Å². The maximum atomic E-state index is 5.50. The van der Waals surface area contributed by atoms with E-state index < -0.39 is 0 Å². The normalized spacial score (nSPS) is 16.0. The number of hydrogen-bond acceptors (Lipinski definition) is 6. The van der Waals surface area contributed by atoms with Crippen LogP contribution in [0.1, 0.15) is 12.0 Å². The molecule has 0 bridgehead atoms. The SMILES string of the molecule is COc1cc(CN2CCCN(c3cccnn3)CC2)ccc1SC. The fourth-order valence-corrected chi connectivity index (χ4v) is 3.60. The fraction of sp³-hybridized carbons (Fsp3) is 0.444. The maximum Gasteiger partial charge on any atom is 0.151 e. The van der Waals surface area contributed by atoms with E-state index in [9.17, 15) is 0 Å². The summed E-state index contributed by atoms with van der Waals surface area (Å²) in [5.41, 5.74) is 1.30. The summed E-state index contributed by atoms with van der Waals surface area (Å²) in [5, 5.41) is 8.22. The topological polar surface area (TPSA) is 41.5 Å². The first-order valence-electron chi connectivity index (χ1n) is 8.26. The number of methoxy groups -OCH3 is 1. The van der Waals surface area contributed by atoms with Gasteiger partial charge in [0.15, 0.2) is 5.82 Å². The largest absolute Gasteiger partial charge is 0.496 e. The van der Waals surface area contributed by atoms with Crippen LogP contribution >= 0.6 is 11.8 Å². The van der Waals surface area contributed by atoms with Gasteiger partial charge in [-0.25, -0.2) is 0 Å². The molecular formula is C18H24N4OS. The maximum absolute atomic E-state index is 5.50. The third-order valence-corrected chi connectivity index (χ3v) is 5.10. The van der Waals surface area contributed by atoms with E-state index in [0.29, 0.717) is 0 Å². The Balaban J connectivity index is 1.62. The second kappa shape index (κ2) is 8.35. The molecule has 1 aromatic heterocycles. The molecule has 0 amide bonds. The van der Waals surface area contributed by atoms with Crippen LogP contribution < -0.4 is 9.64 Å². The predicted octanol–water partition coefficient (Wildman–Crippen LogP) is 2.92. The Morgan fingerprint density at radius 1 is 1.17 bits per heavy atom. The quantitative estimate of drug-likeness (QED) is 0.777. The molecule has 3 rings (SSSR count). The molecule has 5 nitrogen and oxygen atoms in total. The van der Waals surface area contributed by atoms with Gasteiger partial charge >= 0.3 is 0 Å². The van der Waals surface area contributed by atoms with E-state index in [-0.39, 0.29) is 0 Å². The first-order chi connectivity index (χ1) is 11.8. The van der Waals surface area contributed by atoms with Crippen molar-refractivity contribution in [1.82, 2.24) is 15.1 Å². The molecule has 2 aromatic rings. The van der Waals surface area contributed by atoms with Gasteiger partial charge in [0.2, 0.25) is 0 Å². The monoisotopic (exact) mass is 344 g/mol. The van der Waals surface area contributed by atoms with Crippen LogP contribution in [0.25, 0.3) is 0 Å². The highest BCUT2D eigenvalue weighted by atomic mass is 32.2. The van der Waals surface area contributed by atoms with E-state index in [2.05, 4.69) is 44.5 Å². The highest BCUT2D eigenvalue weighted by Gasteiger charge is 2.16. The van der Waals surface area contributed by atoms with Crippen molar-refractivity contribution in [2.45, 2.75) is 17.9 Å². The number of rotatable bonds is 5. The Kier molecular flexibility index (Phi) is 5.93. The van der Waals surface area contributed by atoms with Crippen LogP contribution in [0.2, 0.25) is 0 Å². The minimum absolute atomic E-state index is 0.958. The van der Waals surface area contributed by atoms with E-state index >= 15 is 0 Å². The predicted molar refractivity (Wildman–Crippen MR) is 98.9 cm³/mol. The molecule has 0 atom stereocenters. The Morgan fingerprint density at radius 3 is 2.83 bits per heavy atom. The molecule has 0 unspecified atom stereocenters. The molecule has 0 radical (unpaired) electrons. The summed E-state index contributed by atoms with van der Waals surface area (Å²) in [4.78, 5) is 6.01. The van der Waals surface area contributed by atoms with Crippen molar-refractivity contribution in [3.8, 4) is 5.75 Å². The van der Waals surface area contributed by atoms with Gasteiger partial charge in [0.1, 0.15) is 5.75 Å². The molecule has 0 saturated carbocycles. The van der Waals surface area contributed by atoms with Crippen molar-refractivity contribution in [1.29, 1.82) is 0 Å². The molecule has 24 heavy (non-hydrogen) atoms. The van der Waals surface area contributed by atoms with Crippen molar-refractivity contribution in [2.24, 2.45) is 0 Å². The molecule has 1 fully saturated rings. The molecule has 6 heteroatoms. The van der Waals surface area contributed by atoms with Gasteiger partial charge in [0, 0.05) is 43.8 Å². The lowest BCUT2D eigenvalue weighted by Crippen LogP contribution is -2.31. The van der Waals surface area contributed by atoms with Gasteiger partial charge in [0.25, 0.3) is 0 Å². The van der Waals surface area contributed by atoms with E-state index in [4.69, 9.17) is 4.74 Å². The summed E-state index contributed by atoms with van der Waals surface area (Å²) in [6, 6.07) is 10.5. The summed E-state index contributed by atoms with van der Waals surface area (Å²) in [6.45, 7) is 5.11. The Hall–Kier alpha value is -1.79. The first-order valence-corrected chi connectivity index (χ1v) is 9.48. The third kappa shape index (κ3) is 4.19. The van der Waals surface area contributed by atoms with Crippen LogP contribution in [-0.2, 0) is 6.54 Å². The molecule has 0 N–H and O–H groups in total.